The van der Waals surface area contributed by atoms with Gasteiger partial charge in [-0.3, -0.25) is 4.79 Å². The summed E-state index contributed by atoms with van der Waals surface area (Å²) in [7, 11) is 5.34. The van der Waals surface area contributed by atoms with Crippen LogP contribution in [0.1, 0.15) is 32.6 Å². The van der Waals surface area contributed by atoms with Crippen LogP contribution in [0, 0.1) is 5.92 Å². The second-order valence-corrected chi connectivity index (χ2v) is 7.75. The first kappa shape index (κ1) is 22.6. The third kappa shape index (κ3) is 6.18. The predicted octanol–water partition coefficient (Wildman–Crippen LogP) is 3.99. The Labute approximate surface area is 182 Å². The molecular weight excluding hydrogens is 394 g/mol. The summed E-state index contributed by atoms with van der Waals surface area (Å²) in [5.74, 6) is 2.82. The van der Waals surface area contributed by atoms with Crippen LogP contribution in [0.3, 0.4) is 0 Å². The number of H-pyrrole nitrogens is 1. The van der Waals surface area contributed by atoms with Crippen molar-refractivity contribution in [3.63, 3.8) is 0 Å². The highest BCUT2D eigenvalue weighted by Gasteiger charge is 2.27. The first-order valence-corrected chi connectivity index (χ1v) is 10.6. The van der Waals surface area contributed by atoms with Gasteiger partial charge in [0.1, 0.15) is 17.2 Å². The third-order valence-corrected chi connectivity index (χ3v) is 4.77. The van der Waals surface area contributed by atoms with E-state index in [0.29, 0.717) is 23.8 Å². The maximum atomic E-state index is 10.6. The quantitative estimate of drug-likeness (QED) is 0.516. The fourth-order valence-electron chi connectivity index (χ4n) is 2.81. The second kappa shape index (κ2) is 10.8. The molecule has 2 aliphatic carbocycles. The van der Waals surface area contributed by atoms with E-state index in [1.165, 1.54) is 12.8 Å². The van der Waals surface area contributed by atoms with Gasteiger partial charge in [-0.2, -0.15) is 0 Å². The number of ether oxygens (including phenoxy) is 2. The summed E-state index contributed by atoms with van der Waals surface area (Å²) < 4.78 is 11.5. The van der Waals surface area contributed by atoms with Gasteiger partial charge in [0.15, 0.2) is 0 Å². The lowest BCUT2D eigenvalue weighted by Gasteiger charge is -2.13. The molecule has 8 nitrogen and oxygen atoms in total. The molecule has 2 fully saturated rings. The average Bonchev–Trinajstić information content (AvgIpc) is 3.70. The predicted molar refractivity (Wildman–Crippen MR) is 123 cm³/mol. The summed E-state index contributed by atoms with van der Waals surface area (Å²) in [6, 6.07) is 5.50. The van der Waals surface area contributed by atoms with Gasteiger partial charge in [-0.25, -0.2) is 9.97 Å². The van der Waals surface area contributed by atoms with Crippen LogP contribution in [0.25, 0.3) is 22.2 Å². The van der Waals surface area contributed by atoms with Gasteiger partial charge in [0.25, 0.3) is 0 Å². The number of rotatable bonds is 6. The van der Waals surface area contributed by atoms with Crippen LogP contribution in [0.15, 0.2) is 30.6 Å². The molecule has 0 atom stereocenters. The number of nitrogens with one attached hydrogen (secondary N) is 3. The maximum absolute atomic E-state index is 10.6. The minimum atomic E-state index is 0.266. The van der Waals surface area contributed by atoms with E-state index in [1.54, 1.807) is 19.4 Å². The number of carbonyl (C=O) groups is 1. The molecule has 0 bridgehead atoms. The topological polar surface area (TPSA) is 101 Å². The number of aromatic amines is 1. The number of fused-ring (bicyclic) bond motifs is 1. The Bertz CT molecular complexity index is 996. The molecule has 3 N–H and O–H groups in total. The zero-order valence-electron chi connectivity index (χ0n) is 18.6. The Hall–Kier alpha value is -3.13. The van der Waals surface area contributed by atoms with E-state index in [4.69, 9.17) is 9.47 Å². The Morgan fingerprint density at radius 3 is 2.45 bits per heavy atom. The van der Waals surface area contributed by atoms with Gasteiger partial charge < -0.3 is 25.1 Å². The molecule has 0 radical (unpaired) electrons. The number of aromatic nitrogens is 3. The lowest BCUT2D eigenvalue weighted by atomic mass is 10.1. The van der Waals surface area contributed by atoms with E-state index in [2.05, 4.69) is 32.5 Å². The molecule has 0 saturated heterocycles. The molecule has 3 heterocycles. The van der Waals surface area contributed by atoms with Gasteiger partial charge in [0.05, 0.1) is 18.8 Å². The van der Waals surface area contributed by atoms with Crippen LogP contribution in [-0.4, -0.2) is 48.7 Å². The molecule has 2 aliphatic rings. The molecule has 0 spiro atoms. The Morgan fingerprint density at radius 2 is 1.87 bits per heavy atom. The van der Waals surface area contributed by atoms with Crippen molar-refractivity contribution in [3.05, 3.63) is 30.6 Å². The molecule has 0 aliphatic heterocycles. The van der Waals surface area contributed by atoms with Crippen molar-refractivity contribution in [2.45, 2.75) is 38.7 Å². The van der Waals surface area contributed by atoms with Crippen molar-refractivity contribution in [2.75, 3.05) is 26.5 Å². The fourth-order valence-corrected chi connectivity index (χ4v) is 2.81. The van der Waals surface area contributed by atoms with Crippen LogP contribution in [0.5, 0.6) is 11.6 Å². The first-order chi connectivity index (χ1) is 15.1. The summed E-state index contributed by atoms with van der Waals surface area (Å²) in [6.45, 7) is 2.28. The maximum Gasteiger partial charge on any atom is 0.224 e. The summed E-state index contributed by atoms with van der Waals surface area (Å²) in [5, 5.41) is 6.19. The van der Waals surface area contributed by atoms with Gasteiger partial charge in [0.2, 0.25) is 12.3 Å². The smallest absolute Gasteiger partial charge is 0.224 e. The van der Waals surface area contributed by atoms with Crippen LogP contribution in [-0.2, 0) is 4.79 Å². The van der Waals surface area contributed by atoms with Crippen molar-refractivity contribution in [2.24, 2.45) is 5.92 Å². The van der Waals surface area contributed by atoms with Gasteiger partial charge in [-0.1, -0.05) is 19.8 Å². The van der Waals surface area contributed by atoms with Crippen molar-refractivity contribution in [1.29, 1.82) is 0 Å². The van der Waals surface area contributed by atoms with E-state index in [0.717, 1.165) is 41.0 Å². The summed E-state index contributed by atoms with van der Waals surface area (Å²) >= 11 is 0. The van der Waals surface area contributed by atoms with E-state index in [1.807, 2.05) is 32.4 Å². The first-order valence-electron chi connectivity index (χ1n) is 10.6. The SMILES string of the molecule is CC1CC1.CNC.COc1nccc(OC2CC2)c1-c1c[nH]c2nc(NC=O)ccc12. The van der Waals surface area contributed by atoms with Crippen LogP contribution < -0.4 is 20.1 Å². The number of amides is 1. The third-order valence-electron chi connectivity index (χ3n) is 4.77. The van der Waals surface area contributed by atoms with Crippen molar-refractivity contribution >= 4 is 23.3 Å². The minimum absolute atomic E-state index is 0.266. The van der Waals surface area contributed by atoms with Gasteiger partial charge >= 0.3 is 0 Å². The normalized spacial score (nSPS) is 14.6. The van der Waals surface area contributed by atoms with Crippen molar-refractivity contribution < 1.29 is 14.3 Å². The molecule has 0 unspecified atom stereocenters. The van der Waals surface area contributed by atoms with Gasteiger partial charge in [0, 0.05) is 23.3 Å². The van der Waals surface area contributed by atoms with E-state index < -0.39 is 0 Å². The highest BCUT2D eigenvalue weighted by Crippen LogP contribution is 2.42. The van der Waals surface area contributed by atoms with E-state index >= 15 is 0 Å². The van der Waals surface area contributed by atoms with Crippen molar-refractivity contribution in [3.8, 4) is 22.8 Å². The van der Waals surface area contributed by atoms with Crippen LogP contribution in [0.4, 0.5) is 5.82 Å². The molecule has 3 aromatic rings. The Balaban J connectivity index is 0.000000336. The average molecular weight is 426 g/mol. The number of pyridine rings is 2. The molecular formula is C23H31N5O3. The molecule has 1 amide bonds. The Morgan fingerprint density at radius 1 is 1.16 bits per heavy atom. The molecule has 31 heavy (non-hydrogen) atoms. The molecule has 5 rings (SSSR count). The second-order valence-electron chi connectivity index (χ2n) is 7.75. The van der Waals surface area contributed by atoms with Gasteiger partial charge in [-0.15, -0.1) is 0 Å². The number of anilines is 1. The standard InChI is InChI=1S/C17H16N4O3.C4H8.C2H7N/c1-23-17-15(13(6-7-18-17)24-10-2-3-10)12-8-19-16-11(12)4-5-14(21-16)20-9-22;1-4-2-3-4;1-3-2/h4-10H,2-3H2,1H3,(H2,19,20,21,22);4H,2-3H2,1H3;3H,1-2H3. The molecule has 3 aromatic heterocycles. The largest absolute Gasteiger partial charge is 0.490 e. The molecule has 166 valence electrons. The molecule has 0 aromatic carbocycles. The lowest BCUT2D eigenvalue weighted by Crippen LogP contribution is -2.00. The highest BCUT2D eigenvalue weighted by molar-refractivity contribution is 5.97. The van der Waals surface area contributed by atoms with E-state index in [-0.39, 0.29) is 6.10 Å². The number of hydrogen-bond acceptors (Lipinski definition) is 6. The number of nitrogens with zero attached hydrogens (tertiary/aromatic N) is 2. The fraction of sp³-hybridized carbons (Fsp3) is 0.435. The highest BCUT2D eigenvalue weighted by atomic mass is 16.5. The minimum Gasteiger partial charge on any atom is -0.490 e. The summed E-state index contributed by atoms with van der Waals surface area (Å²) in [5.41, 5.74) is 2.37. The zero-order valence-corrected chi connectivity index (χ0v) is 18.6. The summed E-state index contributed by atoms with van der Waals surface area (Å²) in [6.07, 6.45) is 9.51. The van der Waals surface area contributed by atoms with Crippen molar-refractivity contribution in [1.82, 2.24) is 20.3 Å². The summed E-state index contributed by atoms with van der Waals surface area (Å²) in [4.78, 5) is 22.4. The number of hydrogen-bond donors (Lipinski definition) is 3. The lowest BCUT2D eigenvalue weighted by molar-refractivity contribution is -0.105. The van der Waals surface area contributed by atoms with Crippen LogP contribution >= 0.6 is 0 Å². The Kier molecular flexibility index (Phi) is 7.83. The monoisotopic (exact) mass is 425 g/mol. The zero-order chi connectivity index (χ0) is 22.2. The van der Waals surface area contributed by atoms with E-state index in [9.17, 15) is 4.79 Å². The molecule has 2 saturated carbocycles. The van der Waals surface area contributed by atoms with Gasteiger partial charge in [-0.05, 0) is 51.1 Å². The number of carbonyl (C=O) groups excluding carboxylic acids is 1. The van der Waals surface area contributed by atoms with Crippen LogP contribution in [0.2, 0.25) is 0 Å². The molecule has 8 heteroatoms. The number of methoxy groups -OCH3 is 1.